The summed E-state index contributed by atoms with van der Waals surface area (Å²) in [5, 5.41) is 20.7. The van der Waals surface area contributed by atoms with E-state index in [1.807, 2.05) is 37.3 Å². The number of amides is 5. The van der Waals surface area contributed by atoms with Crippen molar-refractivity contribution in [3.63, 3.8) is 0 Å². The first-order valence-electron chi connectivity index (χ1n) is 20.4. The van der Waals surface area contributed by atoms with Crippen LogP contribution in [0.25, 0.3) is 22.2 Å². The van der Waals surface area contributed by atoms with Gasteiger partial charge in [-0.15, -0.1) is 0 Å². The molecular formula is C44H52F3N7O7. The highest BCUT2D eigenvalue weighted by molar-refractivity contribution is 5.99. The minimum atomic E-state index is -4.68. The lowest BCUT2D eigenvalue weighted by atomic mass is 9.81. The van der Waals surface area contributed by atoms with E-state index in [4.69, 9.17) is 4.74 Å². The molecule has 2 fully saturated rings. The van der Waals surface area contributed by atoms with Crippen LogP contribution in [0.1, 0.15) is 86.6 Å². The van der Waals surface area contributed by atoms with Crippen LogP contribution in [0.5, 0.6) is 0 Å². The number of imidazole rings is 1. The van der Waals surface area contributed by atoms with E-state index < -0.39 is 41.7 Å². The summed E-state index contributed by atoms with van der Waals surface area (Å²) in [4.78, 5) is 71.2. The van der Waals surface area contributed by atoms with Gasteiger partial charge in [-0.1, -0.05) is 30.3 Å². The van der Waals surface area contributed by atoms with Crippen molar-refractivity contribution < 1.29 is 47.0 Å². The van der Waals surface area contributed by atoms with Gasteiger partial charge >= 0.3 is 18.4 Å². The molecule has 0 radical (unpaired) electrons. The maximum atomic E-state index is 13.9. The Labute approximate surface area is 351 Å². The summed E-state index contributed by atoms with van der Waals surface area (Å²) in [6.07, 6.45) is -2.45. The zero-order chi connectivity index (χ0) is 44.1. The maximum Gasteiger partial charge on any atom is 0.449 e. The van der Waals surface area contributed by atoms with Gasteiger partial charge in [-0.2, -0.15) is 13.2 Å². The number of hydrogen-bond acceptors (Lipinski definition) is 7. The number of aromatic nitrogens is 2. The standard InChI is InChI=1S/C44H52F3N7O7/c1-25-21-30(38(56)49-31-17-19-54(20-18-31)42(59)60)13-15-33(25)28-9-5-26(6-10-28)22-36(39(57)50-32-14-16-34-35(23-32)53-40(52-34)44(45,46)47)51-37(55)29-11-7-27(8-12-29)24-48-41(58)61-43(2,3)4/h5-6,9-10,13-16,21,23,27,29,31,36H,7-8,11-12,17-20,22,24H2,1-4H3,(H,48,58)(H,49,56)(H,50,57)(H,51,55)(H,52,53)(H,59,60)/t27?,29?,36-/m0/s1. The minimum absolute atomic E-state index is 0.0792. The Hall–Kier alpha value is -6.13. The first-order chi connectivity index (χ1) is 28.8. The topological polar surface area (TPSA) is 195 Å². The van der Waals surface area contributed by atoms with E-state index in [9.17, 15) is 42.3 Å². The number of alkyl halides is 3. The summed E-state index contributed by atoms with van der Waals surface area (Å²) >= 11 is 0. The van der Waals surface area contributed by atoms with Crippen LogP contribution in [0.2, 0.25) is 0 Å². The van der Waals surface area contributed by atoms with E-state index in [2.05, 4.69) is 31.2 Å². The Morgan fingerprint density at radius 1 is 0.918 bits per heavy atom. The molecule has 1 saturated carbocycles. The van der Waals surface area contributed by atoms with Crippen LogP contribution in [0.4, 0.5) is 28.4 Å². The number of likely N-dealkylation sites (tertiary alicyclic amines) is 1. The molecular weight excluding hydrogens is 796 g/mol. The number of fused-ring (bicyclic) bond motifs is 1. The van der Waals surface area contributed by atoms with Crippen molar-refractivity contribution in [2.45, 2.75) is 96.5 Å². The second kappa shape index (κ2) is 18.6. The molecule has 1 aliphatic carbocycles. The number of carbonyl (C=O) groups is 5. The minimum Gasteiger partial charge on any atom is -0.465 e. The molecule has 0 unspecified atom stereocenters. The fraction of sp³-hybridized carbons (Fsp3) is 0.455. The lowest BCUT2D eigenvalue weighted by Crippen LogP contribution is -2.48. The molecule has 1 atom stereocenters. The predicted molar refractivity (Wildman–Crippen MR) is 222 cm³/mol. The summed E-state index contributed by atoms with van der Waals surface area (Å²) in [6, 6.07) is 15.9. The molecule has 0 spiro atoms. The number of carbonyl (C=O) groups excluding carboxylic acids is 4. The number of hydrogen-bond donors (Lipinski definition) is 6. The number of alkyl carbamates (subject to hydrolysis) is 1. The van der Waals surface area contributed by atoms with Crippen LogP contribution in [0.15, 0.2) is 60.7 Å². The molecule has 0 bridgehead atoms. The Balaban J connectivity index is 1.12. The number of aromatic amines is 1. The van der Waals surface area contributed by atoms with E-state index in [-0.39, 0.29) is 52.8 Å². The van der Waals surface area contributed by atoms with Crippen LogP contribution in [-0.4, -0.2) is 87.2 Å². The summed E-state index contributed by atoms with van der Waals surface area (Å²) < 4.78 is 45.2. The number of halogens is 3. The van der Waals surface area contributed by atoms with Gasteiger partial charge in [0.1, 0.15) is 11.6 Å². The molecule has 61 heavy (non-hydrogen) atoms. The van der Waals surface area contributed by atoms with Gasteiger partial charge < -0.3 is 41.0 Å². The average molecular weight is 848 g/mol. The second-order valence-electron chi connectivity index (χ2n) is 16.9. The van der Waals surface area contributed by atoms with E-state index >= 15 is 0 Å². The Morgan fingerprint density at radius 2 is 1.61 bits per heavy atom. The average Bonchev–Trinajstić information content (AvgIpc) is 3.65. The van der Waals surface area contributed by atoms with Crippen molar-refractivity contribution >= 4 is 46.6 Å². The molecule has 3 aromatic carbocycles. The number of carboxylic acid groups (broad SMARTS) is 1. The molecule has 1 saturated heterocycles. The maximum absolute atomic E-state index is 13.9. The number of ether oxygens (including phenoxy) is 1. The molecule has 1 aromatic heterocycles. The van der Waals surface area contributed by atoms with Crippen LogP contribution < -0.4 is 21.3 Å². The predicted octanol–water partition coefficient (Wildman–Crippen LogP) is 7.43. The van der Waals surface area contributed by atoms with Crippen molar-refractivity contribution in [3.8, 4) is 11.1 Å². The number of rotatable bonds is 11. The molecule has 17 heteroatoms. The zero-order valence-corrected chi connectivity index (χ0v) is 34.6. The molecule has 2 heterocycles. The molecule has 6 N–H and O–H groups in total. The van der Waals surface area contributed by atoms with Gasteiger partial charge in [-0.05, 0) is 125 Å². The first-order valence-corrected chi connectivity index (χ1v) is 20.4. The largest absolute Gasteiger partial charge is 0.465 e. The van der Waals surface area contributed by atoms with Gasteiger partial charge in [-0.25, -0.2) is 14.6 Å². The third kappa shape index (κ3) is 12.0. The highest BCUT2D eigenvalue weighted by Gasteiger charge is 2.35. The van der Waals surface area contributed by atoms with Crippen LogP contribution in [0.3, 0.4) is 0 Å². The molecule has 326 valence electrons. The highest BCUT2D eigenvalue weighted by atomic mass is 19.4. The number of piperidine rings is 1. The summed E-state index contributed by atoms with van der Waals surface area (Å²) in [6.45, 7) is 8.41. The van der Waals surface area contributed by atoms with Gasteiger partial charge in [0.05, 0.1) is 11.0 Å². The van der Waals surface area contributed by atoms with Crippen LogP contribution >= 0.6 is 0 Å². The quantitative estimate of drug-likeness (QED) is 0.0897. The summed E-state index contributed by atoms with van der Waals surface area (Å²) in [5.74, 6) is -2.44. The van der Waals surface area contributed by atoms with E-state index in [0.29, 0.717) is 63.7 Å². The van der Waals surface area contributed by atoms with Gasteiger partial charge in [-0.3, -0.25) is 14.4 Å². The first kappa shape index (κ1) is 44.4. The number of anilines is 1. The molecule has 6 rings (SSSR count). The van der Waals surface area contributed by atoms with E-state index in [0.717, 1.165) is 22.3 Å². The number of benzene rings is 3. The lowest BCUT2D eigenvalue weighted by Gasteiger charge is -2.30. The van der Waals surface area contributed by atoms with Crippen molar-refractivity contribution in [3.05, 3.63) is 83.2 Å². The van der Waals surface area contributed by atoms with Crippen LogP contribution in [-0.2, 0) is 26.9 Å². The monoisotopic (exact) mass is 847 g/mol. The lowest BCUT2D eigenvalue weighted by molar-refractivity contribution is -0.144. The third-order valence-corrected chi connectivity index (χ3v) is 11.1. The van der Waals surface area contributed by atoms with Gasteiger partial charge in [0, 0.05) is 49.3 Å². The van der Waals surface area contributed by atoms with Gasteiger partial charge in [0.2, 0.25) is 17.6 Å². The van der Waals surface area contributed by atoms with E-state index in [1.165, 1.54) is 23.1 Å². The van der Waals surface area contributed by atoms with Gasteiger partial charge in [0.15, 0.2) is 0 Å². The fourth-order valence-electron chi connectivity index (χ4n) is 7.79. The van der Waals surface area contributed by atoms with Crippen molar-refractivity contribution in [2.24, 2.45) is 11.8 Å². The molecule has 4 aromatic rings. The van der Waals surface area contributed by atoms with Crippen molar-refractivity contribution in [2.75, 3.05) is 25.0 Å². The van der Waals surface area contributed by atoms with Crippen molar-refractivity contribution in [1.29, 1.82) is 0 Å². The number of nitrogens with one attached hydrogen (secondary N) is 5. The Bertz CT molecular complexity index is 2240. The highest BCUT2D eigenvalue weighted by Crippen LogP contribution is 2.31. The third-order valence-electron chi connectivity index (χ3n) is 11.1. The Kier molecular flexibility index (Phi) is 13.6. The number of nitrogens with zero attached hydrogens (tertiary/aromatic N) is 2. The zero-order valence-electron chi connectivity index (χ0n) is 34.6. The fourth-order valence-corrected chi connectivity index (χ4v) is 7.79. The number of H-pyrrole nitrogens is 1. The Morgan fingerprint density at radius 3 is 2.23 bits per heavy atom. The van der Waals surface area contributed by atoms with Crippen LogP contribution in [0, 0.1) is 18.8 Å². The molecule has 5 amide bonds. The second-order valence-corrected chi connectivity index (χ2v) is 16.9. The smallest absolute Gasteiger partial charge is 0.449 e. The van der Waals surface area contributed by atoms with E-state index in [1.54, 1.807) is 32.9 Å². The molecule has 2 aliphatic rings. The SMILES string of the molecule is Cc1cc(C(=O)NC2CCN(C(=O)O)CC2)ccc1-c1ccc(C[C@H](NC(=O)C2CCC(CNC(=O)OC(C)(C)C)CC2)C(=O)Nc2ccc3nc(C(F)(F)F)[nH]c3c2)cc1. The number of aryl methyl sites for hydroxylation is 1. The molecule has 14 nitrogen and oxygen atoms in total. The summed E-state index contributed by atoms with van der Waals surface area (Å²) in [5.41, 5.74) is 3.60. The van der Waals surface area contributed by atoms with Gasteiger partial charge in [0.25, 0.3) is 5.91 Å². The molecule has 1 aliphatic heterocycles. The van der Waals surface area contributed by atoms with Crippen molar-refractivity contribution in [1.82, 2.24) is 30.8 Å². The normalized spacial score (nSPS) is 17.9. The summed E-state index contributed by atoms with van der Waals surface area (Å²) in [7, 11) is 0.